The fourth-order valence-electron chi connectivity index (χ4n) is 3.25. The molecule has 0 radical (unpaired) electrons. The molecule has 0 aliphatic carbocycles. The molecule has 1 heterocycles. The van der Waals surface area contributed by atoms with E-state index in [1.165, 1.54) is 21.6 Å². The number of ketones is 1. The Bertz CT molecular complexity index is 1090. The van der Waals surface area contributed by atoms with Gasteiger partial charge in [-0.25, -0.2) is 9.78 Å². The van der Waals surface area contributed by atoms with Gasteiger partial charge in [0.1, 0.15) is 17.4 Å². The lowest BCUT2D eigenvalue weighted by Crippen LogP contribution is -2.21. The topological polar surface area (TPSA) is 79.7 Å². The number of carbonyl (C=O) groups is 2. The van der Waals surface area contributed by atoms with Crippen LogP contribution in [0.4, 0.5) is 5.69 Å². The number of ether oxygens (including phenoxy) is 1. The van der Waals surface area contributed by atoms with Crippen LogP contribution in [0.1, 0.15) is 40.1 Å². The Morgan fingerprint density at radius 1 is 0.970 bits per heavy atom. The SMILES string of the molecule is CCN(CC)c1ccc(C(=O)c2ccccc2C(=O)OCCSSc2ccccn2)c(O)c1. The molecule has 0 saturated carbocycles. The summed E-state index contributed by atoms with van der Waals surface area (Å²) in [7, 11) is 3.04. The third-order valence-electron chi connectivity index (χ3n) is 4.93. The summed E-state index contributed by atoms with van der Waals surface area (Å²) >= 11 is 0. The van der Waals surface area contributed by atoms with E-state index < -0.39 is 11.8 Å². The average Bonchev–Trinajstić information content (AvgIpc) is 2.85. The maximum Gasteiger partial charge on any atom is 0.338 e. The van der Waals surface area contributed by atoms with E-state index in [1.807, 2.05) is 32.0 Å². The maximum atomic E-state index is 13.2. The molecule has 0 atom stereocenters. The quantitative estimate of drug-likeness (QED) is 0.167. The number of benzene rings is 2. The summed E-state index contributed by atoms with van der Waals surface area (Å²) < 4.78 is 5.39. The summed E-state index contributed by atoms with van der Waals surface area (Å²) in [4.78, 5) is 32.1. The van der Waals surface area contributed by atoms with E-state index >= 15 is 0 Å². The van der Waals surface area contributed by atoms with Gasteiger partial charge >= 0.3 is 5.97 Å². The number of esters is 1. The van der Waals surface area contributed by atoms with Crippen molar-refractivity contribution in [1.29, 1.82) is 0 Å². The van der Waals surface area contributed by atoms with E-state index in [9.17, 15) is 14.7 Å². The molecule has 1 N–H and O–H groups in total. The lowest BCUT2D eigenvalue weighted by atomic mass is 9.97. The van der Waals surface area contributed by atoms with Crippen LogP contribution in [0.15, 0.2) is 71.9 Å². The van der Waals surface area contributed by atoms with Gasteiger partial charge in [-0.1, -0.05) is 35.1 Å². The Morgan fingerprint density at radius 3 is 2.36 bits per heavy atom. The summed E-state index contributed by atoms with van der Waals surface area (Å²) in [5.74, 6) is -0.528. The number of hydrogen-bond acceptors (Lipinski definition) is 8. The van der Waals surface area contributed by atoms with Crippen LogP contribution in [0, 0.1) is 0 Å². The first kappa shape index (κ1) is 24.7. The van der Waals surface area contributed by atoms with Crippen LogP contribution in [0.5, 0.6) is 5.75 Å². The average molecular weight is 483 g/mol. The summed E-state index contributed by atoms with van der Waals surface area (Å²) in [6.07, 6.45) is 1.73. The molecule has 0 aliphatic rings. The highest BCUT2D eigenvalue weighted by atomic mass is 33.1. The number of anilines is 1. The standard InChI is InChI=1S/C25H26N2O4S2/c1-3-27(4-2)18-12-13-21(22(28)17-18)24(29)19-9-5-6-10-20(19)25(30)31-15-16-32-33-23-11-7-8-14-26-23/h5-14,17,28H,3-4,15-16H2,1-2H3. The number of phenolic OH excluding ortho intramolecular Hbond substituents is 1. The number of hydrogen-bond donors (Lipinski definition) is 1. The van der Waals surface area contributed by atoms with Gasteiger partial charge in [-0.3, -0.25) is 4.79 Å². The number of carbonyl (C=O) groups excluding carboxylic acids is 2. The minimum absolute atomic E-state index is 0.115. The van der Waals surface area contributed by atoms with Crippen LogP contribution >= 0.6 is 21.6 Å². The first-order valence-corrected chi connectivity index (χ1v) is 13.0. The minimum atomic E-state index is -0.568. The molecular weight excluding hydrogens is 456 g/mol. The monoisotopic (exact) mass is 482 g/mol. The van der Waals surface area contributed by atoms with Crippen LogP contribution in [-0.2, 0) is 4.74 Å². The summed E-state index contributed by atoms with van der Waals surface area (Å²) in [5, 5.41) is 11.4. The second-order valence-electron chi connectivity index (χ2n) is 6.96. The first-order valence-electron chi connectivity index (χ1n) is 10.6. The van der Waals surface area contributed by atoms with Crippen LogP contribution in [0.2, 0.25) is 0 Å². The molecule has 172 valence electrons. The van der Waals surface area contributed by atoms with E-state index in [1.54, 1.807) is 48.7 Å². The predicted octanol–water partition coefficient (Wildman–Crippen LogP) is 5.46. The number of phenols is 1. The zero-order valence-corrected chi connectivity index (χ0v) is 20.2. The van der Waals surface area contributed by atoms with Crippen molar-refractivity contribution in [1.82, 2.24) is 4.98 Å². The highest BCUT2D eigenvalue weighted by Gasteiger charge is 2.21. The Kier molecular flexibility index (Phi) is 9.21. The molecule has 3 aromatic rings. The van der Waals surface area contributed by atoms with Gasteiger partial charge in [0.2, 0.25) is 0 Å². The second-order valence-corrected chi connectivity index (χ2v) is 9.39. The van der Waals surface area contributed by atoms with Crippen molar-refractivity contribution in [3.05, 3.63) is 83.6 Å². The zero-order valence-electron chi connectivity index (χ0n) is 18.6. The third kappa shape index (κ3) is 6.52. The number of nitrogens with zero attached hydrogens (tertiary/aromatic N) is 2. The summed E-state index contributed by atoms with van der Waals surface area (Å²) in [6.45, 7) is 5.83. The Balaban J connectivity index is 1.65. The van der Waals surface area contributed by atoms with E-state index in [0.717, 1.165) is 23.8 Å². The Hall–Kier alpha value is -2.97. The molecule has 0 saturated heterocycles. The van der Waals surface area contributed by atoms with Gasteiger partial charge < -0.3 is 14.7 Å². The Morgan fingerprint density at radius 2 is 1.70 bits per heavy atom. The minimum Gasteiger partial charge on any atom is -0.507 e. The van der Waals surface area contributed by atoms with Crippen LogP contribution in [-0.4, -0.2) is 47.3 Å². The molecule has 33 heavy (non-hydrogen) atoms. The van der Waals surface area contributed by atoms with Gasteiger partial charge in [-0.15, -0.1) is 0 Å². The van der Waals surface area contributed by atoms with E-state index in [2.05, 4.69) is 9.88 Å². The van der Waals surface area contributed by atoms with Crippen LogP contribution in [0.3, 0.4) is 0 Å². The molecule has 6 nitrogen and oxygen atoms in total. The number of rotatable bonds is 11. The van der Waals surface area contributed by atoms with Crippen molar-refractivity contribution in [3.63, 3.8) is 0 Å². The molecule has 8 heteroatoms. The van der Waals surface area contributed by atoms with Crippen molar-refractivity contribution in [2.75, 3.05) is 30.3 Å². The summed E-state index contributed by atoms with van der Waals surface area (Å²) in [6, 6.07) is 17.2. The van der Waals surface area contributed by atoms with E-state index in [-0.39, 0.29) is 29.0 Å². The third-order valence-corrected chi connectivity index (χ3v) is 7.16. The smallest absolute Gasteiger partial charge is 0.338 e. The van der Waals surface area contributed by atoms with Crippen molar-refractivity contribution in [2.45, 2.75) is 18.9 Å². The fraction of sp³-hybridized carbons (Fsp3) is 0.240. The lowest BCUT2D eigenvalue weighted by Gasteiger charge is -2.21. The molecule has 0 amide bonds. The predicted molar refractivity (Wildman–Crippen MR) is 134 cm³/mol. The first-order chi connectivity index (χ1) is 16.0. The molecule has 0 spiro atoms. The molecule has 0 fully saturated rings. The molecular formula is C25H26N2O4S2. The van der Waals surface area contributed by atoms with Crippen molar-refractivity contribution in [3.8, 4) is 5.75 Å². The van der Waals surface area contributed by atoms with Gasteiger partial charge in [0, 0.05) is 42.4 Å². The van der Waals surface area contributed by atoms with E-state index in [0.29, 0.717) is 5.75 Å². The molecule has 0 aliphatic heterocycles. The van der Waals surface area contributed by atoms with Gasteiger partial charge in [0.05, 0.1) is 11.1 Å². The van der Waals surface area contributed by atoms with Crippen LogP contribution < -0.4 is 4.90 Å². The largest absolute Gasteiger partial charge is 0.507 e. The van der Waals surface area contributed by atoms with Crippen LogP contribution in [0.25, 0.3) is 0 Å². The van der Waals surface area contributed by atoms with Gasteiger partial charge in [-0.05, 0) is 55.0 Å². The van der Waals surface area contributed by atoms with Crippen molar-refractivity contribution in [2.24, 2.45) is 0 Å². The molecule has 0 unspecified atom stereocenters. The normalized spacial score (nSPS) is 10.6. The lowest BCUT2D eigenvalue weighted by molar-refractivity contribution is 0.0527. The van der Waals surface area contributed by atoms with Crippen molar-refractivity contribution < 1.29 is 19.4 Å². The maximum absolute atomic E-state index is 13.2. The number of pyridine rings is 1. The van der Waals surface area contributed by atoms with Gasteiger partial charge in [0.15, 0.2) is 5.78 Å². The molecule has 1 aromatic heterocycles. The Labute approximate surface area is 201 Å². The molecule has 3 rings (SSSR count). The molecule has 2 aromatic carbocycles. The van der Waals surface area contributed by atoms with E-state index in [4.69, 9.17) is 4.74 Å². The fourth-order valence-corrected chi connectivity index (χ4v) is 4.95. The second kappa shape index (κ2) is 12.3. The molecule has 0 bridgehead atoms. The summed E-state index contributed by atoms with van der Waals surface area (Å²) in [5.41, 5.74) is 1.36. The van der Waals surface area contributed by atoms with Gasteiger partial charge in [-0.2, -0.15) is 0 Å². The number of aromatic hydroxyl groups is 1. The van der Waals surface area contributed by atoms with Gasteiger partial charge in [0.25, 0.3) is 0 Å². The zero-order chi connectivity index (χ0) is 23.6. The highest BCUT2D eigenvalue weighted by molar-refractivity contribution is 8.76. The number of aromatic nitrogens is 1. The highest BCUT2D eigenvalue weighted by Crippen LogP contribution is 2.29. The van der Waals surface area contributed by atoms with Crippen molar-refractivity contribution >= 4 is 39.0 Å².